The van der Waals surface area contributed by atoms with Gasteiger partial charge in [0, 0.05) is 11.8 Å². The molecule has 1 heterocycles. The van der Waals surface area contributed by atoms with Crippen LogP contribution in [0.15, 0.2) is 18.3 Å². The van der Waals surface area contributed by atoms with E-state index in [9.17, 15) is 5.11 Å². The molecule has 0 spiro atoms. The molecule has 0 atom stereocenters. The zero-order valence-corrected chi connectivity index (χ0v) is 11.7. The van der Waals surface area contributed by atoms with Crippen LogP contribution in [0.3, 0.4) is 0 Å². The molecule has 1 aromatic heterocycles. The second-order valence-electron chi connectivity index (χ2n) is 3.89. The van der Waals surface area contributed by atoms with E-state index in [0.717, 1.165) is 20.3 Å². The molecule has 17 heavy (non-hydrogen) atoms. The van der Waals surface area contributed by atoms with Gasteiger partial charge in [-0.05, 0) is 59.7 Å². The van der Waals surface area contributed by atoms with E-state index in [1.807, 2.05) is 26.0 Å². The van der Waals surface area contributed by atoms with Crippen molar-refractivity contribution in [3.63, 3.8) is 0 Å². The van der Waals surface area contributed by atoms with Crippen molar-refractivity contribution in [1.29, 1.82) is 0 Å². The topological polar surface area (TPSA) is 72.0 Å². The van der Waals surface area contributed by atoms with E-state index in [-0.39, 0.29) is 0 Å². The number of aromatic hydroxyl groups is 1. The summed E-state index contributed by atoms with van der Waals surface area (Å²) in [5.74, 6) is 1.36. The van der Waals surface area contributed by atoms with Crippen LogP contribution in [0.25, 0.3) is 11.4 Å². The molecule has 4 nitrogen and oxygen atoms in total. The van der Waals surface area contributed by atoms with E-state index in [0.29, 0.717) is 17.4 Å². The number of nitrogens with two attached hydrogens (primary N) is 1. The summed E-state index contributed by atoms with van der Waals surface area (Å²) in [5, 5.41) is 9.71. The maximum absolute atomic E-state index is 9.71. The highest BCUT2D eigenvalue weighted by Crippen LogP contribution is 2.28. The second-order valence-corrected chi connectivity index (χ2v) is 5.05. The number of nitrogen functional groups attached to an aromatic ring is 1. The van der Waals surface area contributed by atoms with Crippen LogP contribution in [0.2, 0.25) is 0 Å². The van der Waals surface area contributed by atoms with E-state index in [4.69, 9.17) is 5.73 Å². The Morgan fingerprint density at radius 2 is 1.82 bits per heavy atom. The van der Waals surface area contributed by atoms with Gasteiger partial charge in [0.05, 0.1) is 3.57 Å². The molecule has 0 aliphatic heterocycles. The zero-order valence-electron chi connectivity index (χ0n) is 9.53. The Hall–Kier alpha value is -1.37. The SMILES string of the molecule is Cc1cc(-c2ncc(I)c(N)n2)cc(C)c1O. The number of aryl methyl sites for hydroxylation is 2. The third kappa shape index (κ3) is 2.33. The number of rotatable bonds is 1. The molecule has 0 aliphatic carbocycles. The lowest BCUT2D eigenvalue weighted by atomic mass is 10.1. The minimum Gasteiger partial charge on any atom is -0.507 e. The Morgan fingerprint density at radius 3 is 2.35 bits per heavy atom. The number of benzene rings is 1. The maximum atomic E-state index is 9.71. The van der Waals surface area contributed by atoms with Gasteiger partial charge in [-0.1, -0.05) is 0 Å². The first kappa shape index (κ1) is 12.1. The van der Waals surface area contributed by atoms with Crippen molar-refractivity contribution < 1.29 is 5.11 Å². The third-order valence-corrected chi connectivity index (χ3v) is 3.35. The molecular formula is C12H12IN3O. The summed E-state index contributed by atoms with van der Waals surface area (Å²) in [7, 11) is 0. The molecule has 5 heteroatoms. The number of anilines is 1. The first-order chi connectivity index (χ1) is 7.99. The van der Waals surface area contributed by atoms with Crippen LogP contribution in [-0.2, 0) is 0 Å². The normalized spacial score (nSPS) is 10.5. The Bertz CT molecular complexity index is 561. The molecule has 0 radical (unpaired) electrons. The summed E-state index contributed by atoms with van der Waals surface area (Å²) >= 11 is 2.09. The molecule has 88 valence electrons. The fraction of sp³-hybridized carbons (Fsp3) is 0.167. The van der Waals surface area contributed by atoms with Gasteiger partial charge in [0.25, 0.3) is 0 Å². The number of phenolic OH excluding ortho intramolecular Hbond substituents is 1. The number of phenols is 1. The summed E-state index contributed by atoms with van der Waals surface area (Å²) in [6, 6.07) is 3.70. The lowest BCUT2D eigenvalue weighted by molar-refractivity contribution is 0.467. The van der Waals surface area contributed by atoms with Gasteiger partial charge in [0.15, 0.2) is 5.82 Å². The average molecular weight is 341 g/mol. The molecule has 3 N–H and O–H groups in total. The quantitative estimate of drug-likeness (QED) is 0.783. The Kier molecular flexibility index (Phi) is 3.19. The van der Waals surface area contributed by atoms with E-state index in [1.54, 1.807) is 6.20 Å². The van der Waals surface area contributed by atoms with Gasteiger partial charge in [-0.2, -0.15) is 0 Å². The van der Waals surface area contributed by atoms with Crippen LogP contribution in [0.4, 0.5) is 5.82 Å². The summed E-state index contributed by atoms with van der Waals surface area (Å²) in [4.78, 5) is 8.47. The van der Waals surface area contributed by atoms with Crippen LogP contribution < -0.4 is 5.73 Å². The van der Waals surface area contributed by atoms with Crippen LogP contribution >= 0.6 is 22.6 Å². The average Bonchev–Trinajstić information content (AvgIpc) is 2.29. The number of aromatic nitrogens is 2. The second kappa shape index (κ2) is 4.48. The predicted molar refractivity (Wildman–Crippen MR) is 75.7 cm³/mol. The van der Waals surface area contributed by atoms with Crippen molar-refractivity contribution in [3.8, 4) is 17.1 Å². The summed E-state index contributed by atoms with van der Waals surface area (Å²) in [6.07, 6.45) is 1.69. The smallest absolute Gasteiger partial charge is 0.161 e. The molecule has 0 saturated heterocycles. The van der Waals surface area contributed by atoms with E-state index >= 15 is 0 Å². The van der Waals surface area contributed by atoms with Gasteiger partial charge in [-0.25, -0.2) is 9.97 Å². The molecule has 2 aromatic rings. The van der Waals surface area contributed by atoms with Crippen molar-refractivity contribution in [2.75, 3.05) is 5.73 Å². The molecular weight excluding hydrogens is 329 g/mol. The molecule has 0 amide bonds. The van der Waals surface area contributed by atoms with Crippen molar-refractivity contribution in [2.24, 2.45) is 0 Å². The summed E-state index contributed by atoms with van der Waals surface area (Å²) in [6.45, 7) is 3.70. The largest absolute Gasteiger partial charge is 0.507 e. The van der Waals surface area contributed by atoms with Gasteiger partial charge in [0.1, 0.15) is 11.6 Å². The molecule has 0 bridgehead atoms. The van der Waals surface area contributed by atoms with Gasteiger partial charge >= 0.3 is 0 Å². The minimum absolute atomic E-state index is 0.312. The van der Waals surface area contributed by atoms with Crippen molar-refractivity contribution in [3.05, 3.63) is 33.0 Å². The van der Waals surface area contributed by atoms with Gasteiger partial charge in [-0.3, -0.25) is 0 Å². The fourth-order valence-corrected chi connectivity index (χ4v) is 1.86. The standard InChI is InChI=1S/C12H12IN3O/c1-6-3-8(4-7(2)10(6)17)12-15-5-9(13)11(14)16-12/h3-5,17H,1-2H3,(H2,14,15,16). The Morgan fingerprint density at radius 1 is 1.24 bits per heavy atom. The van der Waals surface area contributed by atoms with Crippen molar-refractivity contribution >= 4 is 28.4 Å². The number of hydrogen-bond donors (Lipinski definition) is 2. The molecule has 0 fully saturated rings. The van der Waals surface area contributed by atoms with Gasteiger partial charge in [0.2, 0.25) is 0 Å². The van der Waals surface area contributed by atoms with Crippen LogP contribution in [0, 0.1) is 17.4 Å². The highest BCUT2D eigenvalue weighted by Gasteiger charge is 2.08. The fourth-order valence-electron chi connectivity index (χ4n) is 1.60. The highest BCUT2D eigenvalue weighted by molar-refractivity contribution is 14.1. The van der Waals surface area contributed by atoms with Crippen molar-refractivity contribution in [2.45, 2.75) is 13.8 Å². The Labute approximate surface area is 113 Å². The molecule has 2 rings (SSSR count). The Balaban J connectivity index is 2.57. The van der Waals surface area contributed by atoms with Crippen LogP contribution in [0.5, 0.6) is 5.75 Å². The highest BCUT2D eigenvalue weighted by atomic mass is 127. The van der Waals surface area contributed by atoms with E-state index in [2.05, 4.69) is 32.6 Å². The number of hydrogen-bond acceptors (Lipinski definition) is 4. The monoisotopic (exact) mass is 341 g/mol. The molecule has 1 aromatic carbocycles. The molecule has 0 unspecified atom stereocenters. The van der Waals surface area contributed by atoms with Crippen LogP contribution in [-0.4, -0.2) is 15.1 Å². The molecule has 0 aliphatic rings. The third-order valence-electron chi connectivity index (χ3n) is 2.52. The van der Waals surface area contributed by atoms with E-state index in [1.165, 1.54) is 0 Å². The lowest BCUT2D eigenvalue weighted by Crippen LogP contribution is -1.98. The molecule has 0 saturated carbocycles. The summed E-state index contributed by atoms with van der Waals surface area (Å²) < 4.78 is 0.832. The van der Waals surface area contributed by atoms with E-state index < -0.39 is 0 Å². The number of halogens is 1. The zero-order chi connectivity index (χ0) is 12.6. The van der Waals surface area contributed by atoms with Gasteiger partial charge in [-0.15, -0.1) is 0 Å². The predicted octanol–water partition coefficient (Wildman–Crippen LogP) is 2.65. The van der Waals surface area contributed by atoms with Gasteiger partial charge < -0.3 is 10.8 Å². The van der Waals surface area contributed by atoms with Crippen molar-refractivity contribution in [1.82, 2.24) is 9.97 Å². The van der Waals surface area contributed by atoms with Crippen LogP contribution in [0.1, 0.15) is 11.1 Å². The summed E-state index contributed by atoms with van der Waals surface area (Å²) in [5.41, 5.74) is 8.23. The first-order valence-electron chi connectivity index (χ1n) is 5.07. The number of nitrogens with zero attached hydrogens (tertiary/aromatic N) is 2. The minimum atomic E-state index is 0.312. The maximum Gasteiger partial charge on any atom is 0.161 e. The first-order valence-corrected chi connectivity index (χ1v) is 6.15. The lowest BCUT2D eigenvalue weighted by Gasteiger charge is -2.07.